The Labute approximate surface area is 100 Å². The summed E-state index contributed by atoms with van der Waals surface area (Å²) in [6.45, 7) is 4.73. The Morgan fingerprint density at radius 1 is 1.35 bits per heavy atom. The van der Waals surface area contributed by atoms with Crippen LogP contribution in [0.3, 0.4) is 0 Å². The molecule has 2 aromatic rings. The van der Waals surface area contributed by atoms with E-state index >= 15 is 0 Å². The Morgan fingerprint density at radius 3 is 2.59 bits per heavy atom. The van der Waals surface area contributed by atoms with Crippen molar-refractivity contribution < 1.29 is 4.39 Å². The van der Waals surface area contributed by atoms with Crippen LogP contribution in [0.4, 0.5) is 4.39 Å². The Kier molecular flexibility index (Phi) is 3.24. The number of rotatable bonds is 3. The zero-order chi connectivity index (χ0) is 12.4. The molecule has 1 heterocycles. The molecular weight excluding hydrogens is 217 g/mol. The molecule has 0 fully saturated rings. The van der Waals surface area contributed by atoms with Crippen LogP contribution in [0.2, 0.25) is 0 Å². The third-order valence-corrected chi connectivity index (χ3v) is 2.78. The Balaban J connectivity index is 2.35. The van der Waals surface area contributed by atoms with Gasteiger partial charge in [-0.05, 0) is 37.6 Å². The van der Waals surface area contributed by atoms with Gasteiger partial charge in [0, 0.05) is 6.54 Å². The highest BCUT2D eigenvalue weighted by Crippen LogP contribution is 2.20. The summed E-state index contributed by atoms with van der Waals surface area (Å²) >= 11 is 0. The van der Waals surface area contributed by atoms with Crippen LogP contribution in [-0.2, 0) is 6.54 Å². The second-order valence-corrected chi connectivity index (χ2v) is 4.06. The predicted octanol–water partition coefficient (Wildman–Crippen LogP) is 2.40. The lowest BCUT2D eigenvalue weighted by atomic mass is 10.0. The summed E-state index contributed by atoms with van der Waals surface area (Å²) in [4.78, 5) is 0. The molecule has 1 aromatic heterocycles. The molecule has 4 heteroatoms. The normalized spacial score (nSPS) is 12.7. The van der Waals surface area contributed by atoms with Crippen molar-refractivity contribution in [1.82, 2.24) is 9.78 Å². The van der Waals surface area contributed by atoms with E-state index in [2.05, 4.69) is 5.10 Å². The molecule has 0 saturated heterocycles. The maximum absolute atomic E-state index is 12.8. The lowest BCUT2D eigenvalue weighted by molar-refractivity contribution is 0.595. The molecule has 3 nitrogen and oxygen atoms in total. The lowest BCUT2D eigenvalue weighted by Crippen LogP contribution is -2.17. The van der Waals surface area contributed by atoms with Crippen LogP contribution in [0.1, 0.15) is 29.9 Å². The smallest absolute Gasteiger partial charge is 0.123 e. The number of halogens is 1. The first-order valence-corrected chi connectivity index (χ1v) is 5.67. The van der Waals surface area contributed by atoms with E-state index in [-0.39, 0.29) is 11.9 Å². The molecule has 17 heavy (non-hydrogen) atoms. The van der Waals surface area contributed by atoms with Gasteiger partial charge in [0.05, 0.1) is 17.4 Å². The van der Waals surface area contributed by atoms with Gasteiger partial charge in [-0.2, -0.15) is 5.10 Å². The van der Waals surface area contributed by atoms with E-state index in [0.29, 0.717) is 0 Å². The zero-order valence-electron chi connectivity index (χ0n) is 10.0. The number of hydrogen-bond acceptors (Lipinski definition) is 2. The number of hydrogen-bond donors (Lipinski definition) is 1. The van der Waals surface area contributed by atoms with E-state index in [4.69, 9.17) is 5.73 Å². The molecule has 0 aliphatic carbocycles. The topological polar surface area (TPSA) is 43.8 Å². The van der Waals surface area contributed by atoms with Gasteiger partial charge in [-0.3, -0.25) is 4.68 Å². The van der Waals surface area contributed by atoms with Crippen LogP contribution in [0, 0.1) is 12.7 Å². The molecule has 1 atom stereocenters. The van der Waals surface area contributed by atoms with Crippen molar-refractivity contribution in [2.24, 2.45) is 5.73 Å². The summed E-state index contributed by atoms with van der Waals surface area (Å²) in [5, 5.41) is 4.36. The summed E-state index contributed by atoms with van der Waals surface area (Å²) in [6.07, 6.45) is 0. The van der Waals surface area contributed by atoms with Gasteiger partial charge in [-0.15, -0.1) is 0 Å². The van der Waals surface area contributed by atoms with Crippen LogP contribution in [0.15, 0.2) is 30.3 Å². The van der Waals surface area contributed by atoms with Crippen molar-refractivity contribution in [2.45, 2.75) is 26.4 Å². The van der Waals surface area contributed by atoms with E-state index in [1.807, 2.05) is 24.6 Å². The first-order valence-electron chi connectivity index (χ1n) is 5.67. The van der Waals surface area contributed by atoms with Crippen LogP contribution < -0.4 is 5.73 Å². The second-order valence-electron chi connectivity index (χ2n) is 4.06. The summed E-state index contributed by atoms with van der Waals surface area (Å²) in [7, 11) is 0. The van der Waals surface area contributed by atoms with E-state index in [1.165, 1.54) is 12.1 Å². The molecule has 0 spiro atoms. The summed E-state index contributed by atoms with van der Waals surface area (Å²) in [5.74, 6) is -0.249. The molecular formula is C13H16FN3. The first-order chi connectivity index (χ1) is 8.11. The molecule has 0 amide bonds. The molecule has 2 N–H and O–H groups in total. The standard InChI is InChI=1S/C13H16FN3/c1-3-17-12(8-9(2)16-17)13(15)10-4-6-11(14)7-5-10/h4-8,13H,3,15H2,1-2H3. The second kappa shape index (κ2) is 4.67. The minimum absolute atomic E-state index is 0.249. The average Bonchev–Trinajstić information content (AvgIpc) is 2.70. The Hall–Kier alpha value is -1.68. The monoisotopic (exact) mass is 233 g/mol. The zero-order valence-corrected chi connectivity index (χ0v) is 10.0. The van der Waals surface area contributed by atoms with Gasteiger partial charge in [0.1, 0.15) is 5.82 Å². The fourth-order valence-electron chi connectivity index (χ4n) is 1.91. The number of aryl methyl sites for hydroxylation is 2. The molecule has 90 valence electrons. The maximum atomic E-state index is 12.8. The van der Waals surface area contributed by atoms with Crippen molar-refractivity contribution in [3.63, 3.8) is 0 Å². The van der Waals surface area contributed by atoms with Gasteiger partial charge in [0.25, 0.3) is 0 Å². The van der Waals surface area contributed by atoms with Gasteiger partial charge in [-0.1, -0.05) is 12.1 Å². The molecule has 1 unspecified atom stereocenters. The van der Waals surface area contributed by atoms with Crippen molar-refractivity contribution >= 4 is 0 Å². The lowest BCUT2D eigenvalue weighted by Gasteiger charge is -2.13. The number of aromatic nitrogens is 2. The largest absolute Gasteiger partial charge is 0.319 e. The van der Waals surface area contributed by atoms with Crippen LogP contribution in [0.25, 0.3) is 0 Å². The molecule has 0 saturated carbocycles. The minimum atomic E-state index is -0.267. The van der Waals surface area contributed by atoms with Crippen LogP contribution in [0.5, 0.6) is 0 Å². The van der Waals surface area contributed by atoms with Crippen molar-refractivity contribution in [1.29, 1.82) is 0 Å². The summed E-state index contributed by atoms with van der Waals surface area (Å²) < 4.78 is 14.7. The summed E-state index contributed by atoms with van der Waals surface area (Å²) in [6, 6.07) is 7.97. The van der Waals surface area contributed by atoms with E-state index in [9.17, 15) is 4.39 Å². The minimum Gasteiger partial charge on any atom is -0.319 e. The van der Waals surface area contributed by atoms with Crippen molar-refractivity contribution in [3.8, 4) is 0 Å². The first kappa shape index (κ1) is 11.8. The molecule has 2 rings (SSSR count). The molecule has 1 aromatic carbocycles. The van der Waals surface area contributed by atoms with Crippen LogP contribution in [-0.4, -0.2) is 9.78 Å². The van der Waals surface area contributed by atoms with Gasteiger partial charge >= 0.3 is 0 Å². The molecule has 0 radical (unpaired) electrons. The van der Waals surface area contributed by atoms with Gasteiger partial charge < -0.3 is 5.73 Å². The Morgan fingerprint density at radius 2 is 2.00 bits per heavy atom. The molecule has 0 aliphatic heterocycles. The van der Waals surface area contributed by atoms with Gasteiger partial charge in [-0.25, -0.2) is 4.39 Å². The van der Waals surface area contributed by atoms with E-state index in [1.54, 1.807) is 12.1 Å². The molecule has 0 aliphatic rings. The molecule has 0 bridgehead atoms. The highest BCUT2D eigenvalue weighted by atomic mass is 19.1. The van der Waals surface area contributed by atoms with Gasteiger partial charge in [0.2, 0.25) is 0 Å². The maximum Gasteiger partial charge on any atom is 0.123 e. The third-order valence-electron chi connectivity index (χ3n) is 2.78. The van der Waals surface area contributed by atoms with E-state index in [0.717, 1.165) is 23.5 Å². The highest BCUT2D eigenvalue weighted by Gasteiger charge is 2.14. The fraction of sp³-hybridized carbons (Fsp3) is 0.308. The van der Waals surface area contributed by atoms with Crippen LogP contribution >= 0.6 is 0 Å². The number of nitrogens with two attached hydrogens (primary N) is 1. The number of benzene rings is 1. The third kappa shape index (κ3) is 2.36. The van der Waals surface area contributed by atoms with E-state index < -0.39 is 0 Å². The average molecular weight is 233 g/mol. The highest BCUT2D eigenvalue weighted by molar-refractivity contribution is 5.28. The SMILES string of the molecule is CCn1nc(C)cc1C(N)c1ccc(F)cc1. The number of nitrogens with zero attached hydrogens (tertiary/aromatic N) is 2. The van der Waals surface area contributed by atoms with Crippen molar-refractivity contribution in [2.75, 3.05) is 0 Å². The van der Waals surface area contributed by atoms with Gasteiger partial charge in [0.15, 0.2) is 0 Å². The predicted molar refractivity (Wildman–Crippen MR) is 65.1 cm³/mol. The summed E-state index contributed by atoms with van der Waals surface area (Å²) in [5.41, 5.74) is 8.96. The Bertz CT molecular complexity index is 502. The fourth-order valence-corrected chi connectivity index (χ4v) is 1.91. The quantitative estimate of drug-likeness (QED) is 0.884. The van der Waals surface area contributed by atoms with Crippen molar-refractivity contribution in [3.05, 3.63) is 53.1 Å².